The van der Waals surface area contributed by atoms with Gasteiger partial charge < -0.3 is 10.5 Å². The molecule has 1 atom stereocenters. The first-order valence-corrected chi connectivity index (χ1v) is 8.18. The van der Waals surface area contributed by atoms with E-state index in [1.54, 1.807) is 0 Å². The first kappa shape index (κ1) is 13.9. The molecule has 1 aromatic rings. The third kappa shape index (κ3) is 2.58. The molecule has 3 rings (SSSR count). The molecule has 0 amide bonds. The average Bonchev–Trinajstić information content (AvgIpc) is 2.91. The Morgan fingerprint density at radius 1 is 1.25 bits per heavy atom. The number of ether oxygens (including phenoxy) is 1. The third-order valence-electron chi connectivity index (χ3n) is 5.65. The highest BCUT2D eigenvalue weighted by atomic mass is 16.5. The van der Waals surface area contributed by atoms with Crippen LogP contribution in [-0.4, -0.2) is 13.2 Å². The quantitative estimate of drug-likeness (QED) is 0.896. The molecular weight excluding hydrogens is 246 g/mol. The molecule has 1 heterocycles. The Balaban J connectivity index is 1.70. The maximum Gasteiger partial charge on any atom is 0.122 e. The minimum absolute atomic E-state index is 0.358. The lowest BCUT2D eigenvalue weighted by Gasteiger charge is -2.40. The normalized spacial score (nSPS) is 32.7. The van der Waals surface area contributed by atoms with Gasteiger partial charge in [0.15, 0.2) is 0 Å². The van der Waals surface area contributed by atoms with Crippen molar-refractivity contribution in [1.82, 2.24) is 0 Å². The molecule has 0 radical (unpaired) electrons. The van der Waals surface area contributed by atoms with Gasteiger partial charge >= 0.3 is 0 Å². The molecule has 2 aliphatic rings. The topological polar surface area (TPSA) is 35.2 Å². The summed E-state index contributed by atoms with van der Waals surface area (Å²) in [7, 11) is 0. The molecule has 0 aromatic heterocycles. The van der Waals surface area contributed by atoms with Crippen LogP contribution in [0.15, 0.2) is 24.3 Å². The molecule has 1 saturated carbocycles. The Morgan fingerprint density at radius 2 is 2.00 bits per heavy atom. The monoisotopic (exact) mass is 273 g/mol. The molecule has 2 heteroatoms. The first-order valence-electron chi connectivity index (χ1n) is 8.18. The molecule has 1 unspecified atom stereocenters. The molecule has 1 aliphatic carbocycles. The van der Waals surface area contributed by atoms with E-state index in [0.717, 1.165) is 24.8 Å². The number of hydrogen-bond acceptors (Lipinski definition) is 2. The second kappa shape index (κ2) is 5.77. The zero-order valence-corrected chi connectivity index (χ0v) is 12.6. The maximum atomic E-state index is 6.18. The van der Waals surface area contributed by atoms with Crippen LogP contribution in [0.2, 0.25) is 0 Å². The molecular formula is C18H27NO. The van der Waals surface area contributed by atoms with Crippen molar-refractivity contribution in [3.63, 3.8) is 0 Å². The van der Waals surface area contributed by atoms with Gasteiger partial charge in [0, 0.05) is 11.5 Å². The van der Waals surface area contributed by atoms with E-state index in [4.69, 9.17) is 10.5 Å². The van der Waals surface area contributed by atoms with Gasteiger partial charge in [0.1, 0.15) is 5.75 Å². The predicted molar refractivity (Wildman–Crippen MR) is 83.0 cm³/mol. The predicted octanol–water partition coefficient (Wildman–Crippen LogP) is 4.10. The summed E-state index contributed by atoms with van der Waals surface area (Å²) in [5.41, 5.74) is 7.94. The highest BCUT2D eigenvalue weighted by Gasteiger charge is 2.38. The van der Waals surface area contributed by atoms with Crippen LogP contribution in [0.3, 0.4) is 0 Å². The van der Waals surface area contributed by atoms with Crippen LogP contribution in [0, 0.1) is 11.3 Å². The number of fused-ring (bicyclic) bond motifs is 1. The van der Waals surface area contributed by atoms with Gasteiger partial charge in [0.2, 0.25) is 0 Å². The fraction of sp³-hybridized carbons (Fsp3) is 0.667. The van der Waals surface area contributed by atoms with Crippen LogP contribution in [0.1, 0.15) is 56.9 Å². The zero-order chi connectivity index (χ0) is 14.0. The molecule has 110 valence electrons. The Bertz CT molecular complexity index is 448. The van der Waals surface area contributed by atoms with Crippen LogP contribution in [0.25, 0.3) is 0 Å². The summed E-state index contributed by atoms with van der Waals surface area (Å²) in [5, 5.41) is 0. The van der Waals surface area contributed by atoms with E-state index in [1.807, 2.05) is 0 Å². The molecule has 2 nitrogen and oxygen atoms in total. The van der Waals surface area contributed by atoms with Crippen LogP contribution in [-0.2, 0) is 0 Å². The summed E-state index contributed by atoms with van der Waals surface area (Å²) in [4.78, 5) is 0. The molecule has 0 saturated heterocycles. The SMILES string of the molecule is CCC1CCC(CN)(CC2COc3ccccc32)CC1. The molecule has 0 spiro atoms. The number of hydrogen-bond donors (Lipinski definition) is 1. The highest BCUT2D eigenvalue weighted by molar-refractivity contribution is 5.39. The van der Waals surface area contributed by atoms with E-state index >= 15 is 0 Å². The van der Waals surface area contributed by atoms with Crippen molar-refractivity contribution in [2.24, 2.45) is 17.1 Å². The second-order valence-electron chi connectivity index (χ2n) is 6.81. The third-order valence-corrected chi connectivity index (χ3v) is 5.65. The fourth-order valence-corrected chi connectivity index (χ4v) is 4.11. The zero-order valence-electron chi connectivity index (χ0n) is 12.6. The average molecular weight is 273 g/mol. The lowest BCUT2D eigenvalue weighted by molar-refractivity contribution is 0.126. The van der Waals surface area contributed by atoms with Gasteiger partial charge in [-0.15, -0.1) is 0 Å². The van der Waals surface area contributed by atoms with Crippen molar-refractivity contribution >= 4 is 0 Å². The molecule has 2 N–H and O–H groups in total. The van der Waals surface area contributed by atoms with Gasteiger partial charge in [0.25, 0.3) is 0 Å². The van der Waals surface area contributed by atoms with Crippen LogP contribution in [0.5, 0.6) is 5.75 Å². The van der Waals surface area contributed by atoms with Crippen LogP contribution in [0.4, 0.5) is 0 Å². The molecule has 1 aromatic carbocycles. The van der Waals surface area contributed by atoms with E-state index in [1.165, 1.54) is 44.1 Å². The minimum atomic E-state index is 0.358. The van der Waals surface area contributed by atoms with Crippen LogP contribution >= 0.6 is 0 Å². The summed E-state index contributed by atoms with van der Waals surface area (Å²) in [5.74, 6) is 2.57. The number of rotatable bonds is 4. The Morgan fingerprint density at radius 3 is 2.70 bits per heavy atom. The second-order valence-corrected chi connectivity index (χ2v) is 6.81. The summed E-state index contributed by atoms with van der Waals surface area (Å²) >= 11 is 0. The fourth-order valence-electron chi connectivity index (χ4n) is 4.11. The minimum Gasteiger partial charge on any atom is -0.493 e. The number of nitrogens with two attached hydrogens (primary N) is 1. The highest BCUT2D eigenvalue weighted by Crippen LogP contribution is 2.48. The molecule has 1 aliphatic heterocycles. The van der Waals surface area contributed by atoms with E-state index < -0.39 is 0 Å². The summed E-state index contributed by atoms with van der Waals surface area (Å²) in [6.45, 7) is 4.00. The van der Waals surface area contributed by atoms with Gasteiger partial charge in [-0.25, -0.2) is 0 Å². The van der Waals surface area contributed by atoms with Gasteiger partial charge in [-0.1, -0.05) is 31.5 Å². The molecule has 1 fully saturated rings. The van der Waals surface area contributed by atoms with Crippen molar-refractivity contribution in [1.29, 1.82) is 0 Å². The van der Waals surface area contributed by atoms with Gasteiger partial charge in [0.05, 0.1) is 6.61 Å². The smallest absolute Gasteiger partial charge is 0.122 e. The van der Waals surface area contributed by atoms with Gasteiger partial charge in [-0.05, 0) is 56.0 Å². The summed E-state index contributed by atoms with van der Waals surface area (Å²) < 4.78 is 5.84. The summed E-state index contributed by atoms with van der Waals surface area (Å²) in [6, 6.07) is 8.52. The van der Waals surface area contributed by atoms with Crippen LogP contribution < -0.4 is 10.5 Å². The van der Waals surface area contributed by atoms with E-state index in [-0.39, 0.29) is 0 Å². The van der Waals surface area contributed by atoms with E-state index in [9.17, 15) is 0 Å². The van der Waals surface area contributed by atoms with Crippen molar-refractivity contribution in [3.05, 3.63) is 29.8 Å². The summed E-state index contributed by atoms with van der Waals surface area (Å²) in [6.07, 6.45) is 7.88. The van der Waals surface area contributed by atoms with Crippen molar-refractivity contribution < 1.29 is 4.74 Å². The maximum absolute atomic E-state index is 6.18. The first-order chi connectivity index (χ1) is 9.76. The van der Waals surface area contributed by atoms with Crippen molar-refractivity contribution in [3.8, 4) is 5.75 Å². The Kier molecular flexibility index (Phi) is 4.02. The van der Waals surface area contributed by atoms with E-state index in [2.05, 4.69) is 31.2 Å². The van der Waals surface area contributed by atoms with Crippen molar-refractivity contribution in [2.75, 3.05) is 13.2 Å². The van der Waals surface area contributed by atoms with Gasteiger partial charge in [-0.2, -0.15) is 0 Å². The van der Waals surface area contributed by atoms with E-state index in [0.29, 0.717) is 11.3 Å². The lowest BCUT2D eigenvalue weighted by atomic mass is 9.65. The number of para-hydroxylation sites is 1. The Labute approximate surface area is 122 Å². The standard InChI is InChI=1S/C18H27NO/c1-2-14-7-9-18(13-19,10-8-14)11-15-12-20-17-6-4-3-5-16(15)17/h3-6,14-15H,2,7-13,19H2,1H3. The van der Waals surface area contributed by atoms with Crippen molar-refractivity contribution in [2.45, 2.75) is 51.4 Å². The largest absolute Gasteiger partial charge is 0.493 e. The molecule has 20 heavy (non-hydrogen) atoms. The Hall–Kier alpha value is -1.02. The molecule has 0 bridgehead atoms. The van der Waals surface area contributed by atoms with Gasteiger partial charge in [-0.3, -0.25) is 0 Å². The number of benzene rings is 1. The lowest BCUT2D eigenvalue weighted by Crippen LogP contribution is -2.36.